The van der Waals surface area contributed by atoms with Crippen LogP contribution in [0, 0.1) is 29.5 Å². The Kier molecular flexibility index (Phi) is 9.91. The molecule has 3 heterocycles. The number of carboxylic acids is 1. The number of hydrogen-bond donors (Lipinski definition) is 3. The molecule has 3 fully saturated rings. The summed E-state index contributed by atoms with van der Waals surface area (Å²) >= 11 is 12.5. The van der Waals surface area contributed by atoms with Gasteiger partial charge in [0.2, 0.25) is 11.8 Å². The Bertz CT molecular complexity index is 2150. The van der Waals surface area contributed by atoms with E-state index in [4.69, 9.17) is 28.3 Å². The molecule has 17 heteroatoms. The van der Waals surface area contributed by atoms with Crippen molar-refractivity contribution in [2.45, 2.75) is 56.0 Å². The number of phenolic OH excluding ortho intramolecular Hbond substituents is 1. The second-order valence-corrected chi connectivity index (χ2v) is 15.0. The number of aromatic hydroxyl groups is 1. The summed E-state index contributed by atoms with van der Waals surface area (Å²) in [5.74, 6) is -10.7. The summed E-state index contributed by atoms with van der Waals surface area (Å²) in [6.07, 6.45) is -1.45. The van der Waals surface area contributed by atoms with Crippen LogP contribution < -0.4 is 5.43 Å². The molecule has 2 aliphatic heterocycles. The SMILES string of the molecule is O=C(O)CCCCCN1C(=O)[C@H]2[C@H](CC=C3[C@H]2C[C@H]2C(=O)N(Nc4ncc(C(F)(F)F)cc4Cl)C(=O)[C@@]2(c2ccc(Cl)cc2)[C@H]3c2ccc(O)c(F)c2)C1=O. The predicted octanol–water partition coefficient (Wildman–Crippen LogP) is 6.88. The molecule has 3 aromatic rings. The number of amides is 4. The molecule has 6 atom stereocenters. The number of carbonyl (C=O) groups is 5. The van der Waals surface area contributed by atoms with Crippen LogP contribution in [0.3, 0.4) is 0 Å². The van der Waals surface area contributed by atoms with E-state index in [0.29, 0.717) is 47.1 Å². The summed E-state index contributed by atoms with van der Waals surface area (Å²) in [5.41, 5.74) is 0.442. The van der Waals surface area contributed by atoms with Gasteiger partial charge in [-0.05, 0) is 73.1 Å². The van der Waals surface area contributed by atoms with Gasteiger partial charge in [0.25, 0.3) is 11.8 Å². The third kappa shape index (κ3) is 6.40. The number of anilines is 1. The van der Waals surface area contributed by atoms with Crippen molar-refractivity contribution in [1.29, 1.82) is 0 Å². The predicted molar refractivity (Wildman–Crippen MR) is 188 cm³/mol. The average Bonchev–Trinajstić information content (AvgIpc) is 3.50. The van der Waals surface area contributed by atoms with E-state index in [-0.39, 0.29) is 36.9 Å². The minimum absolute atomic E-state index is 0.0573. The summed E-state index contributed by atoms with van der Waals surface area (Å²) in [7, 11) is 0. The van der Waals surface area contributed by atoms with Gasteiger partial charge < -0.3 is 10.2 Å². The molecule has 7 rings (SSSR count). The van der Waals surface area contributed by atoms with E-state index in [1.807, 2.05) is 0 Å². The Hall–Kier alpha value is -5.02. The van der Waals surface area contributed by atoms with Gasteiger partial charge in [0.05, 0.1) is 33.8 Å². The van der Waals surface area contributed by atoms with E-state index < -0.39 is 98.7 Å². The van der Waals surface area contributed by atoms with Gasteiger partial charge >= 0.3 is 12.1 Å². The molecule has 2 aromatic carbocycles. The average molecular weight is 804 g/mol. The van der Waals surface area contributed by atoms with E-state index in [2.05, 4.69) is 10.4 Å². The highest BCUT2D eigenvalue weighted by atomic mass is 35.5. The lowest BCUT2D eigenvalue weighted by atomic mass is 9.49. The lowest BCUT2D eigenvalue weighted by Crippen LogP contribution is -2.53. The van der Waals surface area contributed by atoms with Crippen LogP contribution in [0.4, 0.5) is 23.4 Å². The van der Waals surface area contributed by atoms with Gasteiger partial charge in [0.1, 0.15) is 0 Å². The Morgan fingerprint density at radius 2 is 1.69 bits per heavy atom. The number of hydrazine groups is 1. The topological polar surface area (TPSA) is 157 Å². The first-order valence-electron chi connectivity index (χ1n) is 17.4. The Morgan fingerprint density at radius 3 is 2.35 bits per heavy atom. The van der Waals surface area contributed by atoms with Gasteiger partial charge in [0, 0.05) is 30.1 Å². The number of aromatic nitrogens is 1. The first-order valence-corrected chi connectivity index (χ1v) is 18.2. The summed E-state index contributed by atoms with van der Waals surface area (Å²) in [6.45, 7) is 0.0626. The van der Waals surface area contributed by atoms with Crippen LogP contribution in [0.5, 0.6) is 5.75 Å². The van der Waals surface area contributed by atoms with Crippen LogP contribution in [-0.2, 0) is 35.6 Å². The number of nitrogens with one attached hydrogen (secondary N) is 1. The lowest BCUT2D eigenvalue weighted by molar-refractivity contribution is -0.141. The number of pyridine rings is 1. The highest BCUT2D eigenvalue weighted by Gasteiger charge is 2.70. The van der Waals surface area contributed by atoms with Crippen LogP contribution in [-0.4, -0.2) is 61.2 Å². The van der Waals surface area contributed by atoms with Crippen molar-refractivity contribution in [1.82, 2.24) is 14.9 Å². The molecule has 2 saturated heterocycles. The second-order valence-electron chi connectivity index (χ2n) is 14.2. The van der Waals surface area contributed by atoms with E-state index in [9.17, 15) is 37.5 Å². The molecule has 4 aliphatic rings. The van der Waals surface area contributed by atoms with Gasteiger partial charge in [0.15, 0.2) is 17.4 Å². The smallest absolute Gasteiger partial charge is 0.417 e. The number of likely N-dealkylation sites (tertiary alicyclic amines) is 1. The number of phenols is 1. The Balaban J connectivity index is 1.35. The third-order valence-corrected chi connectivity index (χ3v) is 11.8. The van der Waals surface area contributed by atoms with Crippen molar-refractivity contribution in [2.24, 2.45) is 23.7 Å². The van der Waals surface area contributed by atoms with Crippen molar-refractivity contribution >= 4 is 58.6 Å². The van der Waals surface area contributed by atoms with Crippen molar-refractivity contribution in [3.8, 4) is 5.75 Å². The monoisotopic (exact) mass is 802 g/mol. The standard InChI is InChI=1S/C38H32Cl2F4N4O7/c39-21-8-6-19(7-9-21)37-25(34(53)48(36(37)55)46-32-26(40)15-20(17-45-32)38(42,43)44)16-24-22(31(37)18-5-12-28(49)27(41)14-18)10-11-23-30(24)35(54)47(33(23)52)13-3-1-2-4-29(50)51/h5-10,12,14-15,17,23-25,30-31,49H,1-4,11,13,16H2,(H,45,46)(H,50,51)/t23-,24+,25-,30-,31-,37+/m0/s1. The summed E-state index contributed by atoms with van der Waals surface area (Å²) in [6, 6.07) is 10.2. The first kappa shape index (κ1) is 38.3. The maximum absolute atomic E-state index is 15.3. The van der Waals surface area contributed by atoms with E-state index in [1.165, 1.54) is 18.2 Å². The number of aliphatic carboxylic acids is 1. The molecule has 11 nitrogen and oxygen atoms in total. The van der Waals surface area contributed by atoms with Gasteiger partial charge in [-0.25, -0.2) is 9.37 Å². The number of halogens is 6. The highest BCUT2D eigenvalue weighted by molar-refractivity contribution is 6.33. The van der Waals surface area contributed by atoms with Crippen molar-refractivity contribution in [3.05, 3.63) is 98.9 Å². The largest absolute Gasteiger partial charge is 0.505 e. The molecule has 0 spiro atoms. The fraction of sp³-hybridized carbons (Fsp3) is 0.368. The fourth-order valence-corrected chi connectivity index (χ4v) is 9.20. The van der Waals surface area contributed by atoms with Gasteiger partial charge in [-0.15, -0.1) is 0 Å². The number of fused-ring (bicyclic) bond motifs is 4. The maximum atomic E-state index is 15.3. The first-order chi connectivity index (χ1) is 26.0. The second kappa shape index (κ2) is 14.2. The summed E-state index contributed by atoms with van der Waals surface area (Å²) in [4.78, 5) is 73.6. The fourth-order valence-electron chi connectivity index (χ4n) is 8.87. The molecule has 0 unspecified atom stereocenters. The van der Waals surface area contributed by atoms with Crippen molar-refractivity contribution in [2.75, 3.05) is 12.0 Å². The highest BCUT2D eigenvalue weighted by Crippen LogP contribution is 2.64. The number of carbonyl (C=O) groups excluding carboxylic acids is 4. The molecule has 0 bridgehead atoms. The number of rotatable bonds is 10. The zero-order valence-corrected chi connectivity index (χ0v) is 30.2. The molecule has 288 valence electrons. The molecular formula is C38H32Cl2F4N4O7. The van der Waals surface area contributed by atoms with Crippen molar-refractivity contribution in [3.63, 3.8) is 0 Å². The molecular weight excluding hydrogens is 771 g/mol. The normalized spacial score (nSPS) is 26.1. The van der Waals surface area contributed by atoms with Crippen LogP contribution in [0.1, 0.15) is 61.1 Å². The number of imide groups is 2. The number of benzene rings is 2. The molecule has 1 saturated carbocycles. The van der Waals surface area contributed by atoms with E-state index >= 15 is 9.18 Å². The van der Waals surface area contributed by atoms with Gasteiger partial charge in [-0.3, -0.25) is 34.3 Å². The van der Waals surface area contributed by atoms with Gasteiger partial charge in [-0.2, -0.15) is 18.2 Å². The number of unbranched alkanes of at least 4 members (excludes halogenated alkanes) is 2. The molecule has 3 N–H and O–H groups in total. The zero-order chi connectivity index (χ0) is 39.6. The Labute approximate surface area is 320 Å². The van der Waals surface area contributed by atoms with Gasteiger partial charge in [-0.1, -0.05) is 59.5 Å². The van der Waals surface area contributed by atoms with Crippen LogP contribution in [0.2, 0.25) is 10.0 Å². The number of nitrogens with zero attached hydrogens (tertiary/aromatic N) is 3. The zero-order valence-electron chi connectivity index (χ0n) is 28.7. The van der Waals surface area contributed by atoms with E-state index in [0.717, 1.165) is 17.0 Å². The quantitative estimate of drug-likeness (QED) is 0.0861. The number of alkyl halides is 3. The van der Waals surface area contributed by atoms with Crippen LogP contribution in [0.15, 0.2) is 66.4 Å². The van der Waals surface area contributed by atoms with Crippen molar-refractivity contribution < 1.29 is 51.7 Å². The minimum Gasteiger partial charge on any atom is -0.505 e. The summed E-state index contributed by atoms with van der Waals surface area (Å²) < 4.78 is 55.5. The maximum Gasteiger partial charge on any atom is 0.417 e. The van der Waals surface area contributed by atoms with Crippen LogP contribution in [0.25, 0.3) is 0 Å². The molecule has 55 heavy (non-hydrogen) atoms. The molecule has 2 aliphatic carbocycles. The molecule has 1 aromatic heterocycles. The minimum atomic E-state index is -4.79. The summed E-state index contributed by atoms with van der Waals surface area (Å²) in [5, 5.41) is 19.5. The number of allylic oxidation sites excluding steroid dienone is 2. The number of carboxylic acid groups (broad SMARTS) is 1. The Morgan fingerprint density at radius 1 is 0.964 bits per heavy atom. The molecule has 4 amide bonds. The lowest BCUT2D eigenvalue weighted by Gasteiger charge is -2.50. The number of hydrogen-bond acceptors (Lipinski definition) is 8. The van der Waals surface area contributed by atoms with Crippen LogP contribution >= 0.6 is 23.2 Å². The molecule has 0 radical (unpaired) electrons. The van der Waals surface area contributed by atoms with E-state index in [1.54, 1.807) is 18.2 Å². The third-order valence-electron chi connectivity index (χ3n) is 11.2.